The summed E-state index contributed by atoms with van der Waals surface area (Å²) >= 11 is 12.5. The second-order valence-electron chi connectivity index (χ2n) is 2.18. The highest BCUT2D eigenvalue weighted by atomic mass is 79.9. The van der Waals surface area contributed by atoms with Gasteiger partial charge in [-0.2, -0.15) is 0 Å². The van der Waals surface area contributed by atoms with Crippen LogP contribution in [0.4, 0.5) is 0 Å². The van der Waals surface area contributed by atoms with E-state index in [9.17, 15) is 0 Å². The SMILES string of the molecule is ClCc1ccc(Br)cc1CBr. The molecule has 1 aromatic carbocycles. The van der Waals surface area contributed by atoms with Crippen molar-refractivity contribution >= 4 is 43.5 Å². The van der Waals surface area contributed by atoms with E-state index >= 15 is 0 Å². The molecular weight excluding hydrogens is 291 g/mol. The molecule has 0 atom stereocenters. The van der Waals surface area contributed by atoms with Crippen molar-refractivity contribution in [2.45, 2.75) is 11.2 Å². The zero-order valence-corrected chi connectivity index (χ0v) is 9.71. The highest BCUT2D eigenvalue weighted by Gasteiger charge is 1.99. The molecule has 3 heteroatoms. The molecule has 0 fully saturated rings. The molecule has 0 N–H and O–H groups in total. The number of halogens is 3. The summed E-state index contributed by atoms with van der Waals surface area (Å²) in [7, 11) is 0. The summed E-state index contributed by atoms with van der Waals surface area (Å²) in [5.41, 5.74) is 2.43. The first-order chi connectivity index (χ1) is 5.27. The van der Waals surface area contributed by atoms with Gasteiger partial charge in [-0.3, -0.25) is 0 Å². The van der Waals surface area contributed by atoms with Gasteiger partial charge in [-0.1, -0.05) is 37.9 Å². The van der Waals surface area contributed by atoms with Gasteiger partial charge in [0.2, 0.25) is 0 Å². The van der Waals surface area contributed by atoms with Crippen LogP contribution in [-0.4, -0.2) is 0 Å². The number of alkyl halides is 2. The zero-order chi connectivity index (χ0) is 8.27. The van der Waals surface area contributed by atoms with Crippen molar-refractivity contribution in [3.05, 3.63) is 33.8 Å². The Balaban J connectivity index is 3.06. The van der Waals surface area contributed by atoms with Gasteiger partial charge >= 0.3 is 0 Å². The van der Waals surface area contributed by atoms with Gasteiger partial charge in [0.25, 0.3) is 0 Å². The second kappa shape index (κ2) is 4.48. The fourth-order valence-corrected chi connectivity index (χ4v) is 2.04. The normalized spacial score (nSPS) is 10.1. The van der Waals surface area contributed by atoms with Gasteiger partial charge in [-0.25, -0.2) is 0 Å². The van der Waals surface area contributed by atoms with E-state index in [2.05, 4.69) is 37.9 Å². The minimum Gasteiger partial charge on any atom is -0.122 e. The third-order valence-electron chi connectivity index (χ3n) is 1.46. The first kappa shape index (κ1) is 9.56. The molecule has 0 spiro atoms. The highest BCUT2D eigenvalue weighted by Crippen LogP contribution is 2.20. The van der Waals surface area contributed by atoms with Crippen LogP contribution in [-0.2, 0) is 11.2 Å². The first-order valence-corrected chi connectivity index (χ1v) is 5.62. The van der Waals surface area contributed by atoms with Crippen LogP contribution in [0.15, 0.2) is 22.7 Å². The highest BCUT2D eigenvalue weighted by molar-refractivity contribution is 9.10. The third-order valence-corrected chi connectivity index (χ3v) is 2.84. The Hall–Kier alpha value is 0.470. The smallest absolute Gasteiger partial charge is 0.0477 e. The summed E-state index contributed by atoms with van der Waals surface area (Å²) in [6.07, 6.45) is 0. The Kier molecular flexibility index (Phi) is 3.90. The average Bonchev–Trinajstić information content (AvgIpc) is 2.04. The molecule has 0 aromatic heterocycles. The first-order valence-electron chi connectivity index (χ1n) is 3.17. The molecule has 0 amide bonds. The molecule has 60 valence electrons. The summed E-state index contributed by atoms with van der Waals surface area (Å²) in [5, 5.41) is 0.856. The minimum atomic E-state index is 0.578. The molecule has 0 nitrogen and oxygen atoms in total. The second-order valence-corrected chi connectivity index (χ2v) is 3.92. The zero-order valence-electron chi connectivity index (χ0n) is 5.78. The minimum absolute atomic E-state index is 0.578. The van der Waals surface area contributed by atoms with Crippen LogP contribution in [0.2, 0.25) is 0 Å². The Morgan fingerprint density at radius 1 is 1.27 bits per heavy atom. The van der Waals surface area contributed by atoms with E-state index in [1.165, 1.54) is 11.1 Å². The maximum absolute atomic E-state index is 5.73. The molecule has 1 rings (SSSR count). The number of hydrogen-bond acceptors (Lipinski definition) is 0. The Morgan fingerprint density at radius 2 is 2.00 bits per heavy atom. The van der Waals surface area contributed by atoms with Crippen molar-refractivity contribution < 1.29 is 0 Å². The van der Waals surface area contributed by atoms with E-state index in [4.69, 9.17) is 11.6 Å². The van der Waals surface area contributed by atoms with E-state index < -0.39 is 0 Å². The van der Waals surface area contributed by atoms with Crippen molar-refractivity contribution in [1.82, 2.24) is 0 Å². The fourth-order valence-electron chi connectivity index (χ4n) is 0.849. The predicted octanol–water partition coefficient (Wildman–Crippen LogP) is 4.08. The van der Waals surface area contributed by atoms with E-state index in [1.807, 2.05) is 12.1 Å². The van der Waals surface area contributed by atoms with Crippen LogP contribution in [0.3, 0.4) is 0 Å². The van der Waals surface area contributed by atoms with Gasteiger partial charge in [-0.05, 0) is 23.3 Å². The van der Waals surface area contributed by atoms with Crippen molar-refractivity contribution in [2.75, 3.05) is 0 Å². The number of hydrogen-bond donors (Lipinski definition) is 0. The van der Waals surface area contributed by atoms with Gasteiger partial charge < -0.3 is 0 Å². The largest absolute Gasteiger partial charge is 0.122 e. The van der Waals surface area contributed by atoms with E-state index in [0.717, 1.165) is 9.80 Å². The van der Waals surface area contributed by atoms with E-state index in [0.29, 0.717) is 5.88 Å². The van der Waals surface area contributed by atoms with Crippen molar-refractivity contribution in [3.63, 3.8) is 0 Å². The number of benzene rings is 1. The van der Waals surface area contributed by atoms with Crippen molar-refractivity contribution in [1.29, 1.82) is 0 Å². The van der Waals surface area contributed by atoms with Gasteiger partial charge in [0, 0.05) is 15.7 Å². The fraction of sp³-hybridized carbons (Fsp3) is 0.250. The maximum Gasteiger partial charge on any atom is 0.0477 e. The van der Waals surface area contributed by atoms with Crippen LogP contribution in [0.5, 0.6) is 0 Å². The summed E-state index contributed by atoms with van der Waals surface area (Å²) in [6, 6.07) is 6.12. The maximum atomic E-state index is 5.73. The summed E-state index contributed by atoms with van der Waals surface area (Å²) < 4.78 is 1.10. The summed E-state index contributed by atoms with van der Waals surface area (Å²) in [4.78, 5) is 0. The van der Waals surface area contributed by atoms with Crippen LogP contribution in [0.1, 0.15) is 11.1 Å². The molecule has 0 aliphatic rings. The van der Waals surface area contributed by atoms with Crippen LogP contribution in [0, 0.1) is 0 Å². The van der Waals surface area contributed by atoms with Crippen LogP contribution >= 0.6 is 43.5 Å². The molecule has 0 aliphatic heterocycles. The van der Waals surface area contributed by atoms with Crippen molar-refractivity contribution in [3.8, 4) is 0 Å². The monoisotopic (exact) mass is 296 g/mol. The third kappa shape index (κ3) is 2.46. The molecular formula is C8H7Br2Cl. The molecule has 0 unspecified atom stereocenters. The molecule has 0 heterocycles. The lowest BCUT2D eigenvalue weighted by Gasteiger charge is -2.03. The molecule has 0 aliphatic carbocycles. The Bertz CT molecular complexity index is 248. The Labute approximate surface area is 88.2 Å². The number of rotatable bonds is 2. The standard InChI is InChI=1S/C8H7Br2Cl/c9-4-7-3-8(10)2-1-6(7)5-11/h1-3H,4-5H2. The van der Waals surface area contributed by atoms with Gasteiger partial charge in [0.05, 0.1) is 0 Å². The molecule has 0 bridgehead atoms. The van der Waals surface area contributed by atoms with E-state index in [-0.39, 0.29) is 0 Å². The molecule has 1 aromatic rings. The Morgan fingerprint density at radius 3 is 2.55 bits per heavy atom. The topological polar surface area (TPSA) is 0 Å². The van der Waals surface area contributed by atoms with Crippen LogP contribution < -0.4 is 0 Å². The van der Waals surface area contributed by atoms with Gasteiger partial charge in [-0.15, -0.1) is 11.6 Å². The lowest BCUT2D eigenvalue weighted by molar-refractivity contribution is 1.28. The van der Waals surface area contributed by atoms with Gasteiger partial charge in [0.1, 0.15) is 0 Å². The van der Waals surface area contributed by atoms with Crippen molar-refractivity contribution in [2.24, 2.45) is 0 Å². The average molecular weight is 298 g/mol. The van der Waals surface area contributed by atoms with Crippen LogP contribution in [0.25, 0.3) is 0 Å². The quantitative estimate of drug-likeness (QED) is 0.722. The van der Waals surface area contributed by atoms with Gasteiger partial charge in [0.15, 0.2) is 0 Å². The summed E-state index contributed by atoms with van der Waals surface area (Å²) in [6.45, 7) is 0. The molecule has 0 radical (unpaired) electrons. The van der Waals surface area contributed by atoms with E-state index in [1.54, 1.807) is 0 Å². The summed E-state index contributed by atoms with van der Waals surface area (Å²) in [5.74, 6) is 0.578. The lowest BCUT2D eigenvalue weighted by Crippen LogP contribution is -1.86. The lowest BCUT2D eigenvalue weighted by atomic mass is 10.1. The molecule has 0 saturated carbocycles. The molecule has 0 saturated heterocycles. The molecule has 11 heavy (non-hydrogen) atoms. The predicted molar refractivity (Wildman–Crippen MR) is 56.3 cm³/mol.